The van der Waals surface area contributed by atoms with E-state index in [9.17, 15) is 4.79 Å². The first kappa shape index (κ1) is 17.2. The van der Waals surface area contributed by atoms with E-state index in [1.54, 1.807) is 36.5 Å². The summed E-state index contributed by atoms with van der Waals surface area (Å²) in [6.45, 7) is 0.725. The molecule has 25 heavy (non-hydrogen) atoms. The van der Waals surface area contributed by atoms with Gasteiger partial charge in [-0.3, -0.25) is 19.7 Å². The second-order valence-corrected chi connectivity index (χ2v) is 6.53. The average Bonchev–Trinajstić information content (AvgIpc) is 2.65. The molecule has 2 N–H and O–H groups in total. The van der Waals surface area contributed by atoms with Crippen LogP contribution in [0.1, 0.15) is 16.8 Å². The first-order valence-electron chi connectivity index (χ1n) is 8.00. The Hall–Kier alpha value is -2.67. The maximum atomic E-state index is 12.1. The number of H-pyrrole nitrogens is 1. The summed E-state index contributed by atoms with van der Waals surface area (Å²) >= 11 is 1.78. The van der Waals surface area contributed by atoms with Crippen molar-refractivity contribution in [3.05, 3.63) is 82.3 Å². The Labute approximate surface area is 150 Å². The van der Waals surface area contributed by atoms with E-state index in [0.717, 1.165) is 29.3 Å². The van der Waals surface area contributed by atoms with Gasteiger partial charge in [0, 0.05) is 54.8 Å². The summed E-state index contributed by atoms with van der Waals surface area (Å²) in [5.41, 5.74) is 2.56. The zero-order valence-corrected chi connectivity index (χ0v) is 14.5. The molecular formula is C18H19N5OS. The predicted octanol–water partition coefficient (Wildman–Crippen LogP) is 2.50. The van der Waals surface area contributed by atoms with Gasteiger partial charge in [-0.15, -0.1) is 0 Å². The molecule has 3 aromatic rings. The highest BCUT2D eigenvalue weighted by atomic mass is 32.2. The molecule has 0 unspecified atom stereocenters. The lowest BCUT2D eigenvalue weighted by atomic mass is 10.1. The van der Waals surface area contributed by atoms with Gasteiger partial charge >= 0.3 is 0 Å². The Kier molecular flexibility index (Phi) is 6.17. The second-order valence-electron chi connectivity index (χ2n) is 5.42. The van der Waals surface area contributed by atoms with Crippen LogP contribution in [0.4, 0.5) is 5.95 Å². The van der Waals surface area contributed by atoms with Gasteiger partial charge in [-0.1, -0.05) is 12.1 Å². The minimum atomic E-state index is -0.123. The molecule has 128 valence electrons. The van der Waals surface area contributed by atoms with Crippen LogP contribution in [0.25, 0.3) is 0 Å². The van der Waals surface area contributed by atoms with Crippen LogP contribution in [0.5, 0.6) is 0 Å². The van der Waals surface area contributed by atoms with Crippen molar-refractivity contribution in [1.82, 2.24) is 19.9 Å². The predicted molar refractivity (Wildman–Crippen MR) is 101 cm³/mol. The van der Waals surface area contributed by atoms with Crippen molar-refractivity contribution in [3.63, 3.8) is 0 Å². The Bertz CT molecular complexity index is 839. The SMILES string of the molecule is O=c1[nH]c(NCCSCc2ccccn2)ncc1Cc1cccnc1. The maximum absolute atomic E-state index is 12.1. The van der Waals surface area contributed by atoms with Gasteiger partial charge in [0.25, 0.3) is 5.56 Å². The topological polar surface area (TPSA) is 83.6 Å². The molecule has 0 atom stereocenters. The van der Waals surface area contributed by atoms with Gasteiger partial charge in [-0.05, 0) is 23.8 Å². The van der Waals surface area contributed by atoms with E-state index in [-0.39, 0.29) is 5.56 Å². The fourth-order valence-electron chi connectivity index (χ4n) is 2.26. The zero-order chi connectivity index (χ0) is 17.3. The van der Waals surface area contributed by atoms with E-state index in [4.69, 9.17) is 0 Å². The van der Waals surface area contributed by atoms with Crippen molar-refractivity contribution in [1.29, 1.82) is 0 Å². The fourth-order valence-corrected chi connectivity index (χ4v) is 3.03. The van der Waals surface area contributed by atoms with Gasteiger partial charge in [0.1, 0.15) is 0 Å². The van der Waals surface area contributed by atoms with Gasteiger partial charge in [0.2, 0.25) is 5.95 Å². The molecule has 0 saturated carbocycles. The summed E-state index contributed by atoms with van der Waals surface area (Å²) in [5.74, 6) is 2.27. The Morgan fingerprint density at radius 2 is 2.04 bits per heavy atom. The molecule has 7 heteroatoms. The van der Waals surface area contributed by atoms with Crippen molar-refractivity contribution in [3.8, 4) is 0 Å². The summed E-state index contributed by atoms with van der Waals surface area (Å²) in [5, 5.41) is 3.14. The normalized spacial score (nSPS) is 10.6. The Balaban J connectivity index is 1.45. The molecule has 0 radical (unpaired) electrons. The van der Waals surface area contributed by atoms with Crippen molar-refractivity contribution in [2.45, 2.75) is 12.2 Å². The van der Waals surface area contributed by atoms with E-state index in [1.165, 1.54) is 0 Å². The van der Waals surface area contributed by atoms with Gasteiger partial charge in [-0.25, -0.2) is 4.98 Å². The number of aromatic nitrogens is 4. The fraction of sp³-hybridized carbons (Fsp3) is 0.222. The Morgan fingerprint density at radius 3 is 2.80 bits per heavy atom. The highest BCUT2D eigenvalue weighted by Gasteiger charge is 2.04. The minimum absolute atomic E-state index is 0.123. The third kappa shape index (κ3) is 5.42. The number of aromatic amines is 1. The van der Waals surface area contributed by atoms with E-state index < -0.39 is 0 Å². The molecule has 0 aliphatic rings. The summed E-state index contributed by atoms with van der Waals surface area (Å²) in [6.07, 6.45) is 7.41. The number of nitrogens with one attached hydrogen (secondary N) is 2. The third-order valence-electron chi connectivity index (χ3n) is 3.51. The third-order valence-corrected chi connectivity index (χ3v) is 4.50. The number of anilines is 1. The van der Waals surface area contributed by atoms with Crippen LogP contribution >= 0.6 is 11.8 Å². The molecule has 0 aromatic carbocycles. The quantitative estimate of drug-likeness (QED) is 0.606. The number of hydrogen-bond acceptors (Lipinski definition) is 6. The highest BCUT2D eigenvalue weighted by Crippen LogP contribution is 2.09. The van der Waals surface area contributed by atoms with E-state index in [0.29, 0.717) is 17.9 Å². The molecule has 3 heterocycles. The van der Waals surface area contributed by atoms with Gasteiger partial charge < -0.3 is 5.32 Å². The van der Waals surface area contributed by atoms with Crippen LogP contribution in [-0.4, -0.2) is 32.2 Å². The standard InChI is InChI=1S/C18H19N5OS/c24-17-15(10-14-4-3-6-19-11-14)12-22-18(23-17)21-8-9-25-13-16-5-1-2-7-20-16/h1-7,11-12H,8-10,13H2,(H2,21,22,23,24). The van der Waals surface area contributed by atoms with Crippen LogP contribution in [-0.2, 0) is 12.2 Å². The van der Waals surface area contributed by atoms with Crippen LogP contribution in [0, 0.1) is 0 Å². The molecular weight excluding hydrogens is 334 g/mol. The summed E-state index contributed by atoms with van der Waals surface area (Å²) < 4.78 is 0. The second kappa shape index (κ2) is 8.98. The number of pyridine rings is 2. The first-order chi connectivity index (χ1) is 12.3. The molecule has 0 aliphatic heterocycles. The number of rotatable bonds is 8. The van der Waals surface area contributed by atoms with Crippen LogP contribution in [0.2, 0.25) is 0 Å². The molecule has 0 bridgehead atoms. The van der Waals surface area contributed by atoms with Crippen molar-refractivity contribution < 1.29 is 0 Å². The largest absolute Gasteiger partial charge is 0.355 e. The molecule has 0 aliphatic carbocycles. The number of hydrogen-bond donors (Lipinski definition) is 2. The highest BCUT2D eigenvalue weighted by molar-refractivity contribution is 7.98. The Morgan fingerprint density at radius 1 is 1.08 bits per heavy atom. The molecule has 0 spiro atoms. The van der Waals surface area contributed by atoms with Gasteiger partial charge in [-0.2, -0.15) is 11.8 Å². The van der Waals surface area contributed by atoms with Crippen LogP contribution in [0.3, 0.4) is 0 Å². The molecule has 0 amide bonds. The monoisotopic (exact) mass is 353 g/mol. The van der Waals surface area contributed by atoms with E-state index >= 15 is 0 Å². The zero-order valence-electron chi connectivity index (χ0n) is 13.7. The first-order valence-corrected chi connectivity index (χ1v) is 9.15. The van der Waals surface area contributed by atoms with Crippen LogP contribution in [0.15, 0.2) is 59.9 Å². The molecule has 6 nitrogen and oxygen atoms in total. The van der Waals surface area contributed by atoms with Crippen molar-refractivity contribution in [2.24, 2.45) is 0 Å². The smallest absolute Gasteiger partial charge is 0.255 e. The molecule has 3 aromatic heterocycles. The van der Waals surface area contributed by atoms with Gasteiger partial charge in [0.05, 0.1) is 5.69 Å². The van der Waals surface area contributed by atoms with Crippen LogP contribution < -0.4 is 10.9 Å². The summed E-state index contributed by atoms with van der Waals surface area (Å²) in [7, 11) is 0. The maximum Gasteiger partial charge on any atom is 0.255 e. The van der Waals surface area contributed by atoms with E-state index in [1.807, 2.05) is 30.3 Å². The lowest BCUT2D eigenvalue weighted by molar-refractivity contribution is 1.00. The molecule has 3 rings (SSSR count). The van der Waals surface area contributed by atoms with Gasteiger partial charge in [0.15, 0.2) is 0 Å². The minimum Gasteiger partial charge on any atom is -0.355 e. The average molecular weight is 353 g/mol. The summed E-state index contributed by atoms with van der Waals surface area (Å²) in [6, 6.07) is 9.71. The van der Waals surface area contributed by atoms with E-state index in [2.05, 4.69) is 25.3 Å². The molecule has 0 saturated heterocycles. The van der Waals surface area contributed by atoms with Crippen molar-refractivity contribution in [2.75, 3.05) is 17.6 Å². The number of nitrogens with zero attached hydrogens (tertiary/aromatic N) is 3. The number of thioether (sulfide) groups is 1. The lowest BCUT2D eigenvalue weighted by Gasteiger charge is -2.06. The van der Waals surface area contributed by atoms with Crippen molar-refractivity contribution >= 4 is 17.7 Å². The lowest BCUT2D eigenvalue weighted by Crippen LogP contribution is -2.18. The summed E-state index contributed by atoms with van der Waals surface area (Å²) in [4.78, 5) is 27.6. The molecule has 0 fully saturated rings.